The number of nitrogens with one attached hydrogen (secondary N) is 1. The Kier molecular flexibility index (Phi) is 4.68. The fourth-order valence-electron chi connectivity index (χ4n) is 2.62. The first-order valence-corrected chi connectivity index (χ1v) is 7.93. The van der Waals surface area contributed by atoms with Crippen molar-refractivity contribution in [3.63, 3.8) is 0 Å². The summed E-state index contributed by atoms with van der Waals surface area (Å²) in [6.45, 7) is -0.00284. The molecule has 0 saturated carbocycles. The highest BCUT2D eigenvalue weighted by Crippen LogP contribution is 2.23. The van der Waals surface area contributed by atoms with E-state index in [2.05, 4.69) is 10.4 Å². The van der Waals surface area contributed by atoms with Crippen LogP contribution in [-0.4, -0.2) is 20.6 Å². The van der Waals surface area contributed by atoms with Gasteiger partial charge in [-0.1, -0.05) is 29.8 Å². The number of amides is 1. The Labute approximate surface area is 152 Å². The summed E-state index contributed by atoms with van der Waals surface area (Å²) in [5.41, 5.74) is -0.260. The first-order valence-electron chi connectivity index (χ1n) is 7.55. The zero-order valence-electron chi connectivity index (χ0n) is 13.6. The number of fused-ring (bicyclic) bond motifs is 1. The van der Waals surface area contributed by atoms with Crippen LogP contribution in [0.1, 0.15) is 16.1 Å². The Bertz CT molecular complexity index is 1090. The normalized spacial score (nSPS) is 10.7. The van der Waals surface area contributed by atoms with E-state index in [-0.39, 0.29) is 28.4 Å². The van der Waals surface area contributed by atoms with Crippen LogP contribution < -0.4 is 10.9 Å². The zero-order valence-corrected chi connectivity index (χ0v) is 14.4. The minimum absolute atomic E-state index is 0.00284. The van der Waals surface area contributed by atoms with Crippen LogP contribution in [0.5, 0.6) is 0 Å². The number of nitro groups is 1. The number of carbonyl (C=O) groups is 1. The molecular weight excluding hydrogens is 360 g/mol. The van der Waals surface area contributed by atoms with Gasteiger partial charge >= 0.3 is 0 Å². The van der Waals surface area contributed by atoms with Crippen molar-refractivity contribution >= 4 is 34.0 Å². The molecule has 3 rings (SSSR count). The van der Waals surface area contributed by atoms with E-state index >= 15 is 0 Å². The number of hydrogen-bond donors (Lipinski definition) is 1. The second kappa shape index (κ2) is 6.93. The maximum absolute atomic E-state index is 12.4. The van der Waals surface area contributed by atoms with Crippen LogP contribution in [0.25, 0.3) is 10.8 Å². The predicted octanol–water partition coefficient (Wildman–Crippen LogP) is 2.43. The van der Waals surface area contributed by atoms with Crippen LogP contribution in [-0.2, 0) is 13.6 Å². The van der Waals surface area contributed by atoms with Gasteiger partial charge in [-0.05, 0) is 18.2 Å². The summed E-state index contributed by atoms with van der Waals surface area (Å²) in [4.78, 5) is 35.0. The van der Waals surface area contributed by atoms with E-state index in [1.165, 1.54) is 29.9 Å². The van der Waals surface area contributed by atoms with Gasteiger partial charge in [0.25, 0.3) is 17.2 Å². The number of hydrogen-bond acceptors (Lipinski definition) is 5. The number of rotatable bonds is 4. The first kappa shape index (κ1) is 17.6. The van der Waals surface area contributed by atoms with E-state index in [1.54, 1.807) is 24.3 Å². The maximum Gasteiger partial charge on any atom is 0.282 e. The average molecular weight is 373 g/mol. The number of nitrogens with zero attached hydrogens (tertiary/aromatic N) is 3. The van der Waals surface area contributed by atoms with E-state index in [1.807, 2.05) is 0 Å². The van der Waals surface area contributed by atoms with Crippen molar-refractivity contribution in [3.05, 3.63) is 79.2 Å². The number of halogens is 1. The lowest BCUT2D eigenvalue weighted by atomic mass is 10.1. The van der Waals surface area contributed by atoms with Gasteiger partial charge in [0.2, 0.25) is 0 Å². The van der Waals surface area contributed by atoms with Crippen LogP contribution >= 0.6 is 11.6 Å². The fourth-order valence-corrected chi connectivity index (χ4v) is 2.79. The van der Waals surface area contributed by atoms with Gasteiger partial charge in [-0.3, -0.25) is 19.7 Å². The molecular formula is C17H13ClN4O4. The largest absolute Gasteiger partial charge is 0.346 e. The van der Waals surface area contributed by atoms with Crippen molar-refractivity contribution < 1.29 is 9.72 Å². The highest BCUT2D eigenvalue weighted by atomic mass is 35.5. The van der Waals surface area contributed by atoms with Gasteiger partial charge in [0, 0.05) is 23.5 Å². The lowest BCUT2D eigenvalue weighted by Gasteiger charge is -2.10. The number of benzene rings is 2. The molecule has 26 heavy (non-hydrogen) atoms. The van der Waals surface area contributed by atoms with Crippen molar-refractivity contribution in [2.24, 2.45) is 7.05 Å². The van der Waals surface area contributed by atoms with Crippen LogP contribution in [0, 0.1) is 10.1 Å². The average Bonchev–Trinajstić information content (AvgIpc) is 2.63. The molecule has 0 spiro atoms. The first-order chi connectivity index (χ1) is 12.4. The lowest BCUT2D eigenvalue weighted by Crippen LogP contribution is -2.27. The molecule has 132 valence electrons. The summed E-state index contributed by atoms with van der Waals surface area (Å²) in [5.74, 6) is -0.654. The fraction of sp³-hybridized carbons (Fsp3) is 0.118. The summed E-state index contributed by atoms with van der Waals surface area (Å²) in [7, 11) is 1.52. The number of carbonyl (C=O) groups excluding carboxylic acids is 1. The van der Waals surface area contributed by atoms with Crippen LogP contribution in [0.3, 0.4) is 0 Å². The third-order valence-electron chi connectivity index (χ3n) is 3.85. The standard InChI is InChI=1S/C17H13ClN4O4/c1-21-17(24)12-5-3-2-4-11(12)14(20-21)9-19-16(23)13-8-10(18)6-7-15(13)22(25)26/h2-8H,9H2,1H3,(H,19,23). The van der Waals surface area contributed by atoms with Crippen molar-refractivity contribution in [2.75, 3.05) is 0 Å². The molecule has 9 heteroatoms. The molecule has 0 saturated heterocycles. The second-order valence-corrected chi connectivity index (χ2v) is 5.96. The van der Waals surface area contributed by atoms with Gasteiger partial charge in [0.15, 0.2) is 0 Å². The molecule has 1 heterocycles. The van der Waals surface area contributed by atoms with Gasteiger partial charge in [0.1, 0.15) is 5.56 Å². The van der Waals surface area contributed by atoms with Gasteiger partial charge < -0.3 is 5.32 Å². The summed E-state index contributed by atoms with van der Waals surface area (Å²) in [5, 5.41) is 19.2. The number of nitro benzene ring substituents is 1. The lowest BCUT2D eigenvalue weighted by molar-refractivity contribution is -0.385. The van der Waals surface area contributed by atoms with Crippen LogP contribution in [0.4, 0.5) is 5.69 Å². The minimum Gasteiger partial charge on any atom is -0.346 e. The maximum atomic E-state index is 12.4. The predicted molar refractivity (Wildman–Crippen MR) is 96.3 cm³/mol. The van der Waals surface area contributed by atoms with E-state index in [9.17, 15) is 19.7 Å². The summed E-state index contributed by atoms with van der Waals surface area (Å²) in [6.07, 6.45) is 0. The smallest absolute Gasteiger partial charge is 0.282 e. The molecule has 0 aliphatic rings. The van der Waals surface area contributed by atoms with Gasteiger partial charge in [0.05, 0.1) is 22.5 Å². The molecule has 2 aromatic carbocycles. The molecule has 0 atom stereocenters. The Hall–Kier alpha value is -3.26. The van der Waals surface area contributed by atoms with Crippen molar-refractivity contribution in [2.45, 2.75) is 6.54 Å². The van der Waals surface area contributed by atoms with Crippen molar-refractivity contribution in [1.82, 2.24) is 15.1 Å². The van der Waals surface area contributed by atoms with Gasteiger partial charge in [-0.15, -0.1) is 0 Å². The Morgan fingerprint density at radius 3 is 2.65 bits per heavy atom. The molecule has 0 unspecified atom stereocenters. The molecule has 0 aliphatic carbocycles. The van der Waals surface area contributed by atoms with E-state index < -0.39 is 10.8 Å². The monoisotopic (exact) mass is 372 g/mol. The summed E-state index contributed by atoms with van der Waals surface area (Å²) in [6, 6.07) is 10.7. The van der Waals surface area contributed by atoms with Crippen LogP contribution in [0.15, 0.2) is 47.3 Å². The quantitative estimate of drug-likeness (QED) is 0.559. The van der Waals surface area contributed by atoms with Crippen molar-refractivity contribution in [3.8, 4) is 0 Å². The highest BCUT2D eigenvalue weighted by Gasteiger charge is 2.21. The summed E-state index contributed by atoms with van der Waals surface area (Å²) >= 11 is 5.85. The molecule has 0 radical (unpaired) electrons. The van der Waals surface area contributed by atoms with Crippen molar-refractivity contribution in [1.29, 1.82) is 0 Å². The van der Waals surface area contributed by atoms with Gasteiger partial charge in [-0.2, -0.15) is 5.10 Å². The molecule has 0 bridgehead atoms. The zero-order chi connectivity index (χ0) is 18.8. The Morgan fingerprint density at radius 1 is 1.27 bits per heavy atom. The van der Waals surface area contributed by atoms with E-state index in [0.717, 1.165) is 0 Å². The SMILES string of the molecule is Cn1nc(CNC(=O)c2cc(Cl)ccc2[N+](=O)[O-])c2ccccc2c1=O. The number of aryl methyl sites for hydroxylation is 1. The summed E-state index contributed by atoms with van der Waals surface area (Å²) < 4.78 is 1.19. The highest BCUT2D eigenvalue weighted by molar-refractivity contribution is 6.31. The van der Waals surface area contributed by atoms with E-state index in [4.69, 9.17) is 11.6 Å². The number of aromatic nitrogens is 2. The molecule has 1 N–H and O–H groups in total. The molecule has 1 aromatic heterocycles. The topological polar surface area (TPSA) is 107 Å². The Balaban J connectivity index is 1.93. The molecule has 0 fully saturated rings. The van der Waals surface area contributed by atoms with Crippen LogP contribution in [0.2, 0.25) is 5.02 Å². The molecule has 1 amide bonds. The Morgan fingerprint density at radius 2 is 1.96 bits per heavy atom. The van der Waals surface area contributed by atoms with E-state index in [0.29, 0.717) is 16.5 Å². The van der Waals surface area contributed by atoms with Gasteiger partial charge in [-0.25, -0.2) is 4.68 Å². The third kappa shape index (κ3) is 3.27. The minimum atomic E-state index is -0.654. The third-order valence-corrected chi connectivity index (χ3v) is 4.08. The molecule has 3 aromatic rings. The second-order valence-electron chi connectivity index (χ2n) is 5.52. The molecule has 8 nitrogen and oxygen atoms in total. The molecule has 0 aliphatic heterocycles.